The normalized spacial score (nSPS) is 11.2. The second kappa shape index (κ2) is 7.43. The smallest absolute Gasteiger partial charge is 0.270 e. The molecule has 24 heavy (non-hydrogen) atoms. The van der Waals surface area contributed by atoms with Gasteiger partial charge < -0.3 is 10.6 Å². The van der Waals surface area contributed by atoms with Crippen molar-refractivity contribution in [3.63, 3.8) is 0 Å². The van der Waals surface area contributed by atoms with Crippen LogP contribution in [0.2, 0.25) is 0 Å². The van der Waals surface area contributed by atoms with Gasteiger partial charge in [0.25, 0.3) is 5.91 Å². The van der Waals surface area contributed by atoms with Crippen LogP contribution in [0.1, 0.15) is 55.9 Å². The van der Waals surface area contributed by atoms with E-state index in [1.807, 2.05) is 32.0 Å². The second-order valence-corrected chi connectivity index (χ2v) is 6.89. The summed E-state index contributed by atoms with van der Waals surface area (Å²) in [4.78, 5) is 20.9. The molecule has 0 saturated carbocycles. The Kier molecular flexibility index (Phi) is 5.54. The van der Waals surface area contributed by atoms with Crippen molar-refractivity contribution < 1.29 is 4.79 Å². The van der Waals surface area contributed by atoms with Crippen molar-refractivity contribution in [2.24, 2.45) is 0 Å². The predicted octanol–water partition coefficient (Wildman–Crippen LogP) is 3.97. The monoisotopic (exact) mass is 326 g/mol. The Morgan fingerprint density at radius 2 is 1.88 bits per heavy atom. The number of aromatic nitrogens is 2. The molecule has 1 aromatic carbocycles. The summed E-state index contributed by atoms with van der Waals surface area (Å²) in [6.45, 7) is 11.0. The topological polar surface area (TPSA) is 66.9 Å². The molecule has 1 heterocycles. The summed E-state index contributed by atoms with van der Waals surface area (Å²) in [6, 6.07) is 9.79. The van der Waals surface area contributed by atoms with Gasteiger partial charge in [-0.2, -0.15) is 0 Å². The van der Waals surface area contributed by atoms with Crippen LogP contribution >= 0.6 is 0 Å². The van der Waals surface area contributed by atoms with Gasteiger partial charge >= 0.3 is 0 Å². The van der Waals surface area contributed by atoms with Crippen LogP contribution in [0.5, 0.6) is 0 Å². The molecular weight excluding hydrogens is 300 g/mol. The Bertz CT molecular complexity index is 720. The van der Waals surface area contributed by atoms with Crippen LogP contribution in [-0.4, -0.2) is 22.4 Å². The number of carbonyl (C=O) groups excluding carboxylic acids is 1. The van der Waals surface area contributed by atoms with Crippen LogP contribution in [0, 0.1) is 6.92 Å². The molecule has 0 aliphatic rings. The minimum atomic E-state index is -0.172. The molecule has 1 aromatic heterocycles. The molecule has 0 unspecified atom stereocenters. The van der Waals surface area contributed by atoms with Crippen molar-refractivity contribution in [2.45, 2.75) is 46.5 Å². The molecule has 0 spiro atoms. The van der Waals surface area contributed by atoms with Gasteiger partial charge in [0.05, 0.1) is 0 Å². The maximum absolute atomic E-state index is 12.2. The molecule has 1 amide bonds. The van der Waals surface area contributed by atoms with Crippen LogP contribution in [0.25, 0.3) is 0 Å². The van der Waals surface area contributed by atoms with Crippen LogP contribution < -0.4 is 10.6 Å². The Hall–Kier alpha value is -2.43. The van der Waals surface area contributed by atoms with Crippen molar-refractivity contribution in [1.29, 1.82) is 0 Å². The fraction of sp³-hybridized carbons (Fsp3) is 0.421. The molecule has 2 N–H and O–H groups in total. The van der Waals surface area contributed by atoms with E-state index in [1.165, 1.54) is 5.56 Å². The molecule has 0 saturated heterocycles. The fourth-order valence-electron chi connectivity index (χ4n) is 2.44. The average Bonchev–Trinajstić information content (AvgIpc) is 2.51. The molecule has 2 aromatic rings. The summed E-state index contributed by atoms with van der Waals surface area (Å²) < 4.78 is 0. The van der Waals surface area contributed by atoms with E-state index in [-0.39, 0.29) is 11.3 Å². The van der Waals surface area contributed by atoms with E-state index in [2.05, 4.69) is 47.4 Å². The third-order valence-corrected chi connectivity index (χ3v) is 3.60. The van der Waals surface area contributed by atoms with Gasteiger partial charge in [-0.3, -0.25) is 4.79 Å². The first-order valence-electron chi connectivity index (χ1n) is 8.31. The van der Waals surface area contributed by atoms with Crippen LogP contribution in [-0.2, 0) is 5.41 Å². The van der Waals surface area contributed by atoms with Crippen LogP contribution in [0.4, 0.5) is 11.6 Å². The van der Waals surface area contributed by atoms with Gasteiger partial charge in [-0.15, -0.1) is 0 Å². The number of carbonyl (C=O) groups is 1. The summed E-state index contributed by atoms with van der Waals surface area (Å²) >= 11 is 0. The minimum absolute atomic E-state index is 0.00521. The quantitative estimate of drug-likeness (QED) is 0.872. The third kappa shape index (κ3) is 4.54. The summed E-state index contributed by atoms with van der Waals surface area (Å²) in [5.74, 6) is 0.267. The van der Waals surface area contributed by atoms with Gasteiger partial charge in [-0.05, 0) is 36.5 Å². The number of amides is 1. The molecule has 2 rings (SSSR count). The number of para-hydroxylation sites is 1. The zero-order valence-electron chi connectivity index (χ0n) is 15.1. The first-order valence-corrected chi connectivity index (χ1v) is 8.31. The highest BCUT2D eigenvalue weighted by atomic mass is 16.1. The Labute approximate surface area is 143 Å². The molecule has 0 bridgehead atoms. The largest absolute Gasteiger partial charge is 0.351 e. The number of hydrogen-bond donors (Lipinski definition) is 2. The van der Waals surface area contributed by atoms with Gasteiger partial charge in [0.2, 0.25) is 5.95 Å². The standard InChI is InChI=1S/C19H26N4O/c1-6-11-20-17(24)16-12-13(2)21-18(23-16)22-15-10-8-7-9-14(15)19(3,4)5/h7-10,12H,6,11H2,1-5H3,(H,20,24)(H,21,22,23). The maximum atomic E-state index is 12.2. The molecule has 128 valence electrons. The lowest BCUT2D eigenvalue weighted by molar-refractivity contribution is 0.0948. The third-order valence-electron chi connectivity index (χ3n) is 3.60. The Morgan fingerprint density at radius 1 is 1.17 bits per heavy atom. The number of benzene rings is 1. The number of nitrogens with zero attached hydrogens (tertiary/aromatic N) is 2. The van der Waals surface area contributed by atoms with E-state index in [1.54, 1.807) is 6.07 Å². The van der Waals surface area contributed by atoms with Gasteiger partial charge in [-0.1, -0.05) is 45.9 Å². The van der Waals surface area contributed by atoms with Gasteiger partial charge in [-0.25, -0.2) is 9.97 Å². The van der Waals surface area contributed by atoms with Crippen LogP contribution in [0.3, 0.4) is 0 Å². The zero-order valence-corrected chi connectivity index (χ0v) is 15.1. The lowest BCUT2D eigenvalue weighted by Crippen LogP contribution is -2.25. The SMILES string of the molecule is CCCNC(=O)c1cc(C)nc(Nc2ccccc2C(C)(C)C)n1. The molecule has 0 aliphatic heterocycles. The summed E-state index contributed by atoms with van der Waals surface area (Å²) in [7, 11) is 0. The number of rotatable bonds is 5. The van der Waals surface area contributed by atoms with Gasteiger partial charge in [0, 0.05) is 17.9 Å². The highest BCUT2D eigenvalue weighted by Crippen LogP contribution is 2.30. The van der Waals surface area contributed by atoms with E-state index in [0.717, 1.165) is 17.8 Å². The van der Waals surface area contributed by atoms with E-state index in [9.17, 15) is 4.79 Å². The highest BCUT2D eigenvalue weighted by molar-refractivity contribution is 5.92. The summed E-state index contributed by atoms with van der Waals surface area (Å²) in [6.07, 6.45) is 0.889. The van der Waals surface area contributed by atoms with E-state index < -0.39 is 0 Å². The Morgan fingerprint density at radius 3 is 2.54 bits per heavy atom. The first-order chi connectivity index (χ1) is 11.3. The van der Waals surface area contributed by atoms with E-state index in [4.69, 9.17) is 0 Å². The van der Waals surface area contributed by atoms with Crippen molar-refractivity contribution in [3.8, 4) is 0 Å². The fourth-order valence-corrected chi connectivity index (χ4v) is 2.44. The van der Waals surface area contributed by atoms with Crippen LogP contribution in [0.15, 0.2) is 30.3 Å². The Balaban J connectivity index is 2.31. The van der Waals surface area contributed by atoms with E-state index >= 15 is 0 Å². The maximum Gasteiger partial charge on any atom is 0.270 e. The predicted molar refractivity (Wildman–Crippen MR) is 97.8 cm³/mol. The summed E-state index contributed by atoms with van der Waals surface area (Å²) in [5.41, 5.74) is 3.26. The lowest BCUT2D eigenvalue weighted by atomic mass is 9.86. The van der Waals surface area contributed by atoms with E-state index in [0.29, 0.717) is 18.2 Å². The van der Waals surface area contributed by atoms with Crippen molar-refractivity contribution in [1.82, 2.24) is 15.3 Å². The molecular formula is C19H26N4O. The molecule has 5 heteroatoms. The molecule has 0 aliphatic carbocycles. The highest BCUT2D eigenvalue weighted by Gasteiger charge is 2.18. The number of aryl methyl sites for hydroxylation is 1. The number of hydrogen-bond acceptors (Lipinski definition) is 4. The zero-order chi connectivity index (χ0) is 17.7. The van der Waals surface area contributed by atoms with Gasteiger partial charge in [0.1, 0.15) is 5.69 Å². The van der Waals surface area contributed by atoms with Crippen molar-refractivity contribution in [3.05, 3.63) is 47.3 Å². The number of nitrogens with one attached hydrogen (secondary N) is 2. The van der Waals surface area contributed by atoms with Crippen molar-refractivity contribution >= 4 is 17.5 Å². The van der Waals surface area contributed by atoms with Crippen molar-refractivity contribution in [2.75, 3.05) is 11.9 Å². The summed E-state index contributed by atoms with van der Waals surface area (Å²) in [5, 5.41) is 6.11. The molecule has 0 radical (unpaired) electrons. The van der Waals surface area contributed by atoms with Gasteiger partial charge in [0.15, 0.2) is 0 Å². The second-order valence-electron chi connectivity index (χ2n) is 6.89. The molecule has 0 atom stereocenters. The average molecular weight is 326 g/mol. The lowest BCUT2D eigenvalue weighted by Gasteiger charge is -2.23. The molecule has 0 fully saturated rings. The minimum Gasteiger partial charge on any atom is -0.351 e. The number of anilines is 2. The molecule has 5 nitrogen and oxygen atoms in total. The first kappa shape index (κ1) is 17.9.